The van der Waals surface area contributed by atoms with Crippen LogP contribution < -0.4 is 11.1 Å². The molecule has 1 aromatic carbocycles. The topological polar surface area (TPSA) is 68.0 Å². The highest BCUT2D eigenvalue weighted by atomic mass is 35.5. The highest BCUT2D eigenvalue weighted by Gasteiger charge is 2.13. The van der Waals surface area contributed by atoms with Gasteiger partial charge < -0.3 is 11.1 Å². The second-order valence-corrected chi connectivity index (χ2v) is 5.39. The zero-order valence-electron chi connectivity index (χ0n) is 13.1. The lowest BCUT2D eigenvalue weighted by Crippen LogP contribution is -2.15. The van der Waals surface area contributed by atoms with Crippen molar-refractivity contribution >= 4 is 24.0 Å². The number of nitrogens with zero attached hydrogens (tertiary/aromatic N) is 1. The van der Waals surface area contributed by atoms with Crippen LogP contribution in [-0.2, 0) is 6.54 Å². The summed E-state index contributed by atoms with van der Waals surface area (Å²) >= 11 is 0. The smallest absolute Gasteiger partial charge is 0.255 e. The molecule has 0 unspecified atom stereocenters. The number of anilines is 1. The normalized spacial score (nSPS) is 10.2. The van der Waals surface area contributed by atoms with Gasteiger partial charge in [-0.25, -0.2) is 0 Å². The monoisotopic (exact) mass is 319 g/mol. The van der Waals surface area contributed by atoms with E-state index in [1.807, 2.05) is 25.1 Å². The fourth-order valence-corrected chi connectivity index (χ4v) is 2.26. The third-order valence-electron chi connectivity index (χ3n) is 3.45. The molecular weight excluding hydrogens is 298 g/mol. The Hall–Kier alpha value is -1.91. The van der Waals surface area contributed by atoms with Crippen LogP contribution >= 0.6 is 12.4 Å². The van der Waals surface area contributed by atoms with E-state index in [0.717, 1.165) is 16.8 Å². The fraction of sp³-hybridized carbons (Fsp3) is 0.294. The van der Waals surface area contributed by atoms with Crippen LogP contribution in [0.25, 0.3) is 0 Å². The van der Waals surface area contributed by atoms with Gasteiger partial charge in [0, 0.05) is 24.0 Å². The molecule has 0 spiro atoms. The SMILES string of the molecule is Cc1cccc(C(C)C)c1NC(=O)c1ccnc(CN)c1.Cl. The maximum Gasteiger partial charge on any atom is 0.255 e. The number of hydrogen-bond donors (Lipinski definition) is 2. The van der Waals surface area contributed by atoms with Gasteiger partial charge in [-0.2, -0.15) is 0 Å². The summed E-state index contributed by atoms with van der Waals surface area (Å²) in [6.45, 7) is 6.55. The molecule has 22 heavy (non-hydrogen) atoms. The number of para-hydroxylation sites is 1. The first-order valence-electron chi connectivity index (χ1n) is 7.08. The van der Waals surface area contributed by atoms with Crippen molar-refractivity contribution in [3.8, 4) is 0 Å². The van der Waals surface area contributed by atoms with E-state index in [2.05, 4.69) is 24.1 Å². The predicted molar refractivity (Wildman–Crippen MR) is 92.6 cm³/mol. The molecular formula is C17H22ClN3O. The van der Waals surface area contributed by atoms with E-state index in [4.69, 9.17) is 5.73 Å². The van der Waals surface area contributed by atoms with Crippen LogP contribution in [0.2, 0.25) is 0 Å². The van der Waals surface area contributed by atoms with E-state index in [9.17, 15) is 4.79 Å². The van der Waals surface area contributed by atoms with Gasteiger partial charge in [-0.1, -0.05) is 32.0 Å². The van der Waals surface area contributed by atoms with Crippen LogP contribution in [0.5, 0.6) is 0 Å². The minimum Gasteiger partial charge on any atom is -0.325 e. The zero-order valence-corrected chi connectivity index (χ0v) is 13.9. The molecule has 0 bridgehead atoms. The third kappa shape index (κ3) is 4.06. The summed E-state index contributed by atoms with van der Waals surface area (Å²) in [4.78, 5) is 16.5. The Balaban J connectivity index is 0.00000242. The van der Waals surface area contributed by atoms with Crippen LogP contribution in [0, 0.1) is 6.92 Å². The average Bonchev–Trinajstić information content (AvgIpc) is 2.49. The number of carbonyl (C=O) groups is 1. The molecule has 1 aromatic heterocycles. The Kier molecular flexibility index (Phi) is 6.53. The number of pyridine rings is 1. The minimum atomic E-state index is -0.136. The highest BCUT2D eigenvalue weighted by Crippen LogP contribution is 2.27. The second-order valence-electron chi connectivity index (χ2n) is 5.39. The number of amides is 1. The van der Waals surface area contributed by atoms with E-state index in [1.165, 1.54) is 0 Å². The van der Waals surface area contributed by atoms with Gasteiger partial charge >= 0.3 is 0 Å². The van der Waals surface area contributed by atoms with Crippen LogP contribution in [0.15, 0.2) is 36.5 Å². The molecule has 1 heterocycles. The summed E-state index contributed by atoms with van der Waals surface area (Å²) < 4.78 is 0. The molecule has 0 aliphatic carbocycles. The van der Waals surface area contributed by atoms with Crippen molar-refractivity contribution in [2.75, 3.05) is 5.32 Å². The lowest BCUT2D eigenvalue weighted by molar-refractivity contribution is 0.102. The molecule has 3 N–H and O–H groups in total. The van der Waals surface area contributed by atoms with Crippen molar-refractivity contribution in [3.05, 3.63) is 58.9 Å². The minimum absolute atomic E-state index is 0. The van der Waals surface area contributed by atoms with E-state index < -0.39 is 0 Å². The van der Waals surface area contributed by atoms with Gasteiger partial charge in [-0.15, -0.1) is 12.4 Å². The molecule has 0 aliphatic rings. The van der Waals surface area contributed by atoms with Crippen LogP contribution in [0.3, 0.4) is 0 Å². The largest absolute Gasteiger partial charge is 0.325 e. The van der Waals surface area contributed by atoms with Crippen molar-refractivity contribution in [3.63, 3.8) is 0 Å². The lowest BCUT2D eigenvalue weighted by Gasteiger charge is -2.16. The molecule has 2 aromatic rings. The summed E-state index contributed by atoms with van der Waals surface area (Å²) in [5.74, 6) is 0.209. The second kappa shape index (κ2) is 7.92. The molecule has 1 amide bonds. The van der Waals surface area contributed by atoms with E-state index in [-0.39, 0.29) is 18.3 Å². The fourth-order valence-electron chi connectivity index (χ4n) is 2.26. The first-order chi connectivity index (χ1) is 10.0. The van der Waals surface area contributed by atoms with Crippen molar-refractivity contribution in [1.82, 2.24) is 4.98 Å². The molecule has 4 nitrogen and oxygen atoms in total. The third-order valence-corrected chi connectivity index (χ3v) is 3.45. The summed E-state index contributed by atoms with van der Waals surface area (Å²) in [5.41, 5.74) is 9.93. The van der Waals surface area contributed by atoms with Crippen molar-refractivity contribution in [2.45, 2.75) is 33.2 Å². The van der Waals surface area contributed by atoms with Gasteiger partial charge in [0.2, 0.25) is 0 Å². The molecule has 118 valence electrons. The van der Waals surface area contributed by atoms with Gasteiger partial charge in [-0.05, 0) is 36.1 Å². The zero-order chi connectivity index (χ0) is 15.4. The van der Waals surface area contributed by atoms with Gasteiger partial charge in [-0.3, -0.25) is 9.78 Å². The molecule has 0 radical (unpaired) electrons. The van der Waals surface area contributed by atoms with Crippen molar-refractivity contribution in [1.29, 1.82) is 0 Å². The number of hydrogen-bond acceptors (Lipinski definition) is 3. The predicted octanol–water partition coefficient (Wildman–Crippen LogP) is 3.65. The van der Waals surface area contributed by atoms with Gasteiger partial charge in [0.1, 0.15) is 0 Å². The Morgan fingerprint density at radius 3 is 2.68 bits per heavy atom. The first-order valence-corrected chi connectivity index (χ1v) is 7.08. The number of rotatable bonds is 4. The summed E-state index contributed by atoms with van der Waals surface area (Å²) in [6.07, 6.45) is 1.61. The Bertz CT molecular complexity index is 656. The van der Waals surface area contributed by atoms with Crippen molar-refractivity contribution < 1.29 is 4.79 Å². The first kappa shape index (κ1) is 18.1. The van der Waals surface area contributed by atoms with Gasteiger partial charge in [0.05, 0.1) is 5.69 Å². The van der Waals surface area contributed by atoms with E-state index in [1.54, 1.807) is 18.3 Å². The Morgan fingerprint density at radius 2 is 2.05 bits per heavy atom. The molecule has 2 rings (SSSR count). The van der Waals surface area contributed by atoms with Gasteiger partial charge in [0.25, 0.3) is 5.91 Å². The van der Waals surface area contributed by atoms with Gasteiger partial charge in [0.15, 0.2) is 0 Å². The Labute approximate surface area is 137 Å². The standard InChI is InChI=1S/C17H21N3O.ClH/c1-11(2)15-6-4-5-12(3)16(15)20-17(21)13-7-8-19-14(9-13)10-18;/h4-9,11H,10,18H2,1-3H3,(H,20,21);1H. The molecule has 0 fully saturated rings. The van der Waals surface area contributed by atoms with E-state index in [0.29, 0.717) is 23.7 Å². The van der Waals surface area contributed by atoms with Crippen LogP contribution in [0.1, 0.15) is 46.9 Å². The number of carbonyl (C=O) groups excluding carboxylic acids is 1. The molecule has 0 atom stereocenters. The molecule has 0 aliphatic heterocycles. The summed E-state index contributed by atoms with van der Waals surface area (Å²) in [7, 11) is 0. The quantitative estimate of drug-likeness (QED) is 0.904. The Morgan fingerprint density at radius 1 is 1.32 bits per heavy atom. The average molecular weight is 320 g/mol. The maximum absolute atomic E-state index is 12.4. The lowest BCUT2D eigenvalue weighted by atomic mass is 9.98. The number of halogens is 1. The van der Waals surface area contributed by atoms with Crippen LogP contribution in [0.4, 0.5) is 5.69 Å². The number of nitrogens with two attached hydrogens (primary N) is 1. The number of aryl methyl sites for hydroxylation is 1. The number of aromatic nitrogens is 1. The van der Waals surface area contributed by atoms with Crippen LogP contribution in [-0.4, -0.2) is 10.9 Å². The molecule has 0 saturated heterocycles. The van der Waals surface area contributed by atoms with Crippen molar-refractivity contribution in [2.24, 2.45) is 5.73 Å². The summed E-state index contributed by atoms with van der Waals surface area (Å²) in [6, 6.07) is 9.48. The highest BCUT2D eigenvalue weighted by molar-refractivity contribution is 6.05. The number of nitrogens with one attached hydrogen (secondary N) is 1. The van der Waals surface area contributed by atoms with E-state index >= 15 is 0 Å². The molecule has 0 saturated carbocycles. The summed E-state index contributed by atoms with van der Waals surface area (Å²) in [5, 5.41) is 3.02. The molecule has 5 heteroatoms. The number of benzene rings is 1. The maximum atomic E-state index is 12.4.